The van der Waals surface area contributed by atoms with Gasteiger partial charge in [-0.1, -0.05) is 101 Å². The lowest BCUT2D eigenvalue weighted by atomic mass is 9.76. The molecule has 0 aromatic heterocycles. The van der Waals surface area contributed by atoms with Gasteiger partial charge in [-0.15, -0.1) is 0 Å². The molecule has 0 saturated heterocycles. The molecule has 0 radical (unpaired) electrons. The van der Waals surface area contributed by atoms with Crippen LogP contribution in [0.5, 0.6) is 11.5 Å². The lowest BCUT2D eigenvalue weighted by Gasteiger charge is -2.49. The summed E-state index contributed by atoms with van der Waals surface area (Å²) in [4.78, 5) is 0. The molecule has 1 unspecified atom stereocenters. The fourth-order valence-electron chi connectivity index (χ4n) is 10.7. The number of hydrogen-bond donors (Lipinski definition) is 0. The smallest absolute Gasteiger partial charge is 0.416 e. The van der Waals surface area contributed by atoms with Crippen LogP contribution in [0.15, 0.2) is 97.1 Å². The molecule has 4 nitrogen and oxygen atoms in total. The molecular formula is C59H60F12NO3+. The van der Waals surface area contributed by atoms with Crippen LogP contribution in [0.25, 0.3) is 33.4 Å². The maximum Gasteiger partial charge on any atom is 0.416 e. The van der Waals surface area contributed by atoms with Gasteiger partial charge in [-0.2, -0.15) is 52.7 Å². The number of fused-ring (bicyclic) bond motifs is 3. The first-order valence-corrected chi connectivity index (χ1v) is 24.0. The van der Waals surface area contributed by atoms with Crippen LogP contribution in [0.3, 0.4) is 0 Å². The molecule has 0 spiro atoms. The van der Waals surface area contributed by atoms with Crippen LogP contribution in [-0.4, -0.2) is 38.9 Å². The molecule has 0 aliphatic carbocycles. The van der Waals surface area contributed by atoms with Gasteiger partial charge in [-0.25, -0.2) is 0 Å². The number of ether oxygens (including phenoxy) is 3. The number of benzene rings is 6. The van der Waals surface area contributed by atoms with Gasteiger partial charge < -0.3 is 18.7 Å². The van der Waals surface area contributed by atoms with E-state index in [-0.39, 0.29) is 74.6 Å². The normalized spacial score (nSPS) is 15.0. The van der Waals surface area contributed by atoms with Gasteiger partial charge in [0.15, 0.2) is 5.60 Å². The van der Waals surface area contributed by atoms with Crippen LogP contribution in [0.1, 0.15) is 115 Å². The van der Waals surface area contributed by atoms with Crippen molar-refractivity contribution in [3.05, 3.63) is 164 Å². The van der Waals surface area contributed by atoms with Gasteiger partial charge in [-0.3, -0.25) is 0 Å². The van der Waals surface area contributed by atoms with E-state index in [9.17, 15) is 52.7 Å². The average Bonchev–Trinajstić information content (AvgIpc) is 3.43. The zero-order valence-electron chi connectivity index (χ0n) is 43.9. The summed E-state index contributed by atoms with van der Waals surface area (Å²) in [7, 11) is 5.80. The third kappa shape index (κ3) is 10.6. The lowest BCUT2D eigenvalue weighted by Crippen LogP contribution is -2.60. The molecule has 0 amide bonds. The van der Waals surface area contributed by atoms with Gasteiger partial charge in [0.2, 0.25) is 0 Å². The summed E-state index contributed by atoms with van der Waals surface area (Å²) >= 11 is 0. The van der Waals surface area contributed by atoms with E-state index in [1.54, 1.807) is 60.7 Å². The Morgan fingerprint density at radius 2 is 0.733 bits per heavy atom. The Bertz CT molecular complexity index is 2850. The maximum atomic E-state index is 14.9. The number of aryl methyl sites for hydroxylation is 2. The summed E-state index contributed by atoms with van der Waals surface area (Å²) in [6.07, 6.45) is -21.1. The van der Waals surface area contributed by atoms with Crippen molar-refractivity contribution in [2.45, 2.75) is 123 Å². The summed E-state index contributed by atoms with van der Waals surface area (Å²) in [5.74, 6) is -0.0761. The van der Waals surface area contributed by atoms with Crippen LogP contribution >= 0.6 is 0 Å². The molecule has 0 bridgehead atoms. The highest BCUT2D eigenvalue weighted by Crippen LogP contribution is 2.57. The molecule has 6 aromatic carbocycles. The molecule has 0 fully saturated rings. The van der Waals surface area contributed by atoms with Gasteiger partial charge in [0.1, 0.15) is 30.6 Å². The third-order valence-corrected chi connectivity index (χ3v) is 14.7. The Labute approximate surface area is 429 Å². The van der Waals surface area contributed by atoms with E-state index in [1.165, 1.54) is 21.3 Å². The highest BCUT2D eigenvalue weighted by Gasteiger charge is 2.53. The van der Waals surface area contributed by atoms with Gasteiger partial charge in [0, 0.05) is 40.5 Å². The van der Waals surface area contributed by atoms with Crippen molar-refractivity contribution in [3.63, 3.8) is 0 Å². The van der Waals surface area contributed by atoms with E-state index in [0.29, 0.717) is 46.5 Å². The minimum absolute atomic E-state index is 0.0360. The lowest BCUT2D eigenvalue weighted by molar-refractivity contribution is -0.963. The van der Waals surface area contributed by atoms with E-state index in [4.69, 9.17) is 14.2 Å². The van der Waals surface area contributed by atoms with E-state index in [0.717, 1.165) is 11.1 Å². The second-order valence-corrected chi connectivity index (χ2v) is 21.9. The second-order valence-electron chi connectivity index (χ2n) is 21.9. The first-order chi connectivity index (χ1) is 34.4. The molecule has 7 rings (SSSR count). The molecule has 1 aliphatic heterocycles. The molecule has 1 heterocycles. The molecule has 0 saturated carbocycles. The van der Waals surface area contributed by atoms with Crippen molar-refractivity contribution in [3.8, 4) is 44.9 Å². The fourth-order valence-corrected chi connectivity index (χ4v) is 10.7. The van der Waals surface area contributed by atoms with Crippen molar-refractivity contribution in [1.82, 2.24) is 0 Å². The summed E-state index contributed by atoms with van der Waals surface area (Å²) in [6, 6.07) is 20.2. The summed E-state index contributed by atoms with van der Waals surface area (Å²) in [5, 5.41) is 0. The zero-order valence-corrected chi connectivity index (χ0v) is 43.9. The Hall–Kier alpha value is -6.00. The van der Waals surface area contributed by atoms with Crippen molar-refractivity contribution in [2.24, 2.45) is 0 Å². The largest absolute Gasteiger partial charge is 0.496 e. The number of quaternary nitrogens is 1. The van der Waals surface area contributed by atoms with E-state index >= 15 is 0 Å². The van der Waals surface area contributed by atoms with Crippen LogP contribution < -0.4 is 9.47 Å². The minimum Gasteiger partial charge on any atom is -0.496 e. The third-order valence-electron chi connectivity index (χ3n) is 14.7. The molecule has 75 heavy (non-hydrogen) atoms. The average molecular weight is 1060 g/mol. The van der Waals surface area contributed by atoms with Crippen molar-refractivity contribution in [2.75, 3.05) is 28.4 Å². The number of halogens is 12. The SMILES string of the molecule is COc1c(C(C)(C)C)cc2c(c1-c1cc(C(F)(F)F)cc(C(F)(F)F)c1)C[N+](C)(C(C)C(OC)(c1ccc(C)cc1)c1ccc(C)cc1)Cc1c-2cc(C(C)(C)C)c(OC)c1-c1cc(C(F)(F)F)cc(C(F)(F)F)c1. The van der Waals surface area contributed by atoms with Crippen molar-refractivity contribution < 1.29 is 71.4 Å². The van der Waals surface area contributed by atoms with Crippen molar-refractivity contribution >= 4 is 0 Å². The van der Waals surface area contributed by atoms with Crippen molar-refractivity contribution in [1.29, 1.82) is 0 Å². The van der Waals surface area contributed by atoms with Gasteiger partial charge in [0.25, 0.3) is 0 Å². The van der Waals surface area contributed by atoms with E-state index < -0.39 is 80.6 Å². The van der Waals surface area contributed by atoms with Crippen LogP contribution in [0, 0.1) is 13.8 Å². The number of hydrogen-bond acceptors (Lipinski definition) is 3. The second kappa shape index (κ2) is 19.2. The number of methoxy groups -OCH3 is 3. The number of rotatable bonds is 9. The highest BCUT2D eigenvalue weighted by molar-refractivity contribution is 5.91. The number of nitrogens with zero attached hydrogens (tertiary/aromatic N) is 1. The number of likely N-dealkylation sites (N-methyl/N-ethyl adjacent to an activating group) is 1. The van der Waals surface area contributed by atoms with Crippen LogP contribution in [-0.2, 0) is 59.0 Å². The first kappa shape index (κ1) is 56.7. The highest BCUT2D eigenvalue weighted by atomic mass is 19.4. The predicted octanol–water partition coefficient (Wildman–Crippen LogP) is 17.4. The molecule has 402 valence electrons. The van der Waals surface area contributed by atoms with Gasteiger partial charge in [0.05, 0.1) is 43.5 Å². The van der Waals surface area contributed by atoms with E-state index in [1.807, 2.05) is 69.3 Å². The summed E-state index contributed by atoms with van der Waals surface area (Å²) < 4.78 is 198. The summed E-state index contributed by atoms with van der Waals surface area (Å²) in [6.45, 7) is 15.8. The molecule has 1 aliphatic rings. The Kier molecular flexibility index (Phi) is 14.5. The molecular weight excluding hydrogens is 999 g/mol. The molecule has 6 aromatic rings. The summed E-state index contributed by atoms with van der Waals surface area (Å²) in [5.41, 5.74) is -6.37. The first-order valence-electron chi connectivity index (χ1n) is 24.0. The minimum atomic E-state index is -5.26. The van der Waals surface area contributed by atoms with Crippen LogP contribution in [0.4, 0.5) is 52.7 Å². The van der Waals surface area contributed by atoms with Crippen LogP contribution in [0.2, 0.25) is 0 Å². The Morgan fingerprint density at radius 1 is 0.440 bits per heavy atom. The molecule has 0 N–H and O–H groups in total. The standard InChI is InChI=1S/C59H60F12NO3/c1-32-14-18-37(19-15-32)55(75-13,38-20-16-33(2)17-21-38)34(3)72(10)30-45-43(28-47(53(4,5)6)51(73-11)49(45)35-22-39(56(60,61)62)26-40(23-35)57(63,64)65)44-29-48(54(7,8)9)52(74-12)50(46(44)31-72)36-24-41(58(66,67)68)27-42(25-36)59(69,70)71/h14-29,34H,30-31H2,1-13H3/q+1. The zero-order chi connectivity index (χ0) is 56.0. The number of alkyl halides is 12. The fraction of sp³-hybridized carbons (Fsp3) is 0.390. The predicted molar refractivity (Wildman–Crippen MR) is 266 cm³/mol. The molecule has 1 atom stereocenters. The maximum absolute atomic E-state index is 14.9. The van der Waals surface area contributed by atoms with Gasteiger partial charge >= 0.3 is 24.7 Å². The quantitative estimate of drug-likeness (QED) is 0.107. The van der Waals surface area contributed by atoms with E-state index in [2.05, 4.69) is 0 Å². The van der Waals surface area contributed by atoms with Gasteiger partial charge in [-0.05, 0) is 114 Å². The molecule has 16 heteroatoms. The Morgan fingerprint density at radius 3 is 0.973 bits per heavy atom. The Balaban J connectivity index is 1.80. The topological polar surface area (TPSA) is 27.7 Å². The monoisotopic (exact) mass is 1060 g/mol.